The third kappa shape index (κ3) is 4.81. The van der Waals surface area contributed by atoms with Crippen molar-refractivity contribution in [3.8, 4) is 0 Å². The summed E-state index contributed by atoms with van der Waals surface area (Å²) in [4.78, 5) is 7.28. The van der Waals surface area contributed by atoms with Gasteiger partial charge in [-0.05, 0) is 63.6 Å². The third-order valence-corrected chi connectivity index (χ3v) is 6.26. The van der Waals surface area contributed by atoms with Crippen molar-refractivity contribution >= 4 is 29.1 Å². The fourth-order valence-corrected chi connectivity index (χ4v) is 4.69. The molecule has 156 valence electrons. The van der Waals surface area contributed by atoms with Crippen molar-refractivity contribution in [1.29, 1.82) is 0 Å². The van der Waals surface area contributed by atoms with Gasteiger partial charge in [0.25, 0.3) is 0 Å². The Kier molecular flexibility index (Phi) is 7.61. The molecule has 1 saturated heterocycles. The lowest BCUT2D eigenvalue weighted by Crippen LogP contribution is -2.29. The average molecular weight is 407 g/mol. The van der Waals surface area contributed by atoms with Crippen LogP contribution in [0, 0.1) is 0 Å². The molecule has 0 radical (unpaired) electrons. The van der Waals surface area contributed by atoms with Crippen molar-refractivity contribution < 1.29 is 5.11 Å². The highest BCUT2D eigenvalue weighted by Gasteiger charge is 2.24. The fourth-order valence-electron chi connectivity index (χ4n) is 4.69. The molecule has 2 aromatic rings. The topological polar surface area (TPSA) is 53.3 Å². The molecular formula is C22H35ClN4O. The van der Waals surface area contributed by atoms with Crippen LogP contribution in [0.3, 0.4) is 0 Å². The summed E-state index contributed by atoms with van der Waals surface area (Å²) in [5, 5.41) is 14.7. The molecular weight excluding hydrogens is 372 g/mol. The fraction of sp³-hybridized carbons (Fsp3) is 0.682. The second kappa shape index (κ2) is 9.95. The maximum absolute atomic E-state index is 9.91. The standard InChI is InChI=1S/C22H34N4O.ClH/c1-2-10-23-22-13-21-20(14-24-22)17(15-25-11-4-3-5-12-25)16-26(21)18-6-8-19(27)9-7-18;/h13-14,16,18-19,27H,2-12,15H2,1H3,(H,23,24);1H. The number of anilines is 1. The molecule has 28 heavy (non-hydrogen) atoms. The van der Waals surface area contributed by atoms with Gasteiger partial charge in [0, 0.05) is 43.0 Å². The zero-order valence-electron chi connectivity index (χ0n) is 17.1. The maximum Gasteiger partial charge on any atom is 0.128 e. The molecule has 0 bridgehead atoms. The van der Waals surface area contributed by atoms with Crippen molar-refractivity contribution in [1.82, 2.24) is 14.5 Å². The van der Waals surface area contributed by atoms with E-state index in [4.69, 9.17) is 0 Å². The molecule has 2 N–H and O–H groups in total. The summed E-state index contributed by atoms with van der Waals surface area (Å²) in [6, 6.07) is 2.72. The molecule has 2 aliphatic rings. The van der Waals surface area contributed by atoms with E-state index in [0.29, 0.717) is 6.04 Å². The van der Waals surface area contributed by atoms with Crippen LogP contribution < -0.4 is 5.32 Å². The van der Waals surface area contributed by atoms with Gasteiger partial charge in [-0.2, -0.15) is 0 Å². The van der Waals surface area contributed by atoms with Crippen molar-refractivity contribution in [3.63, 3.8) is 0 Å². The van der Waals surface area contributed by atoms with Gasteiger partial charge in [-0.15, -0.1) is 12.4 Å². The minimum Gasteiger partial charge on any atom is -0.393 e. The van der Waals surface area contributed by atoms with Crippen LogP contribution in [0.1, 0.15) is 69.9 Å². The Morgan fingerprint density at radius 1 is 1.14 bits per heavy atom. The Bertz CT molecular complexity index is 748. The molecule has 5 nitrogen and oxygen atoms in total. The summed E-state index contributed by atoms with van der Waals surface area (Å²) in [5.74, 6) is 0.976. The highest BCUT2D eigenvalue weighted by atomic mass is 35.5. The third-order valence-electron chi connectivity index (χ3n) is 6.26. The Morgan fingerprint density at radius 3 is 2.61 bits per heavy atom. The summed E-state index contributed by atoms with van der Waals surface area (Å²) in [5.41, 5.74) is 2.71. The predicted octanol–water partition coefficient (Wildman–Crippen LogP) is 4.74. The summed E-state index contributed by atoms with van der Waals surface area (Å²) in [6.07, 6.45) is 13.4. The van der Waals surface area contributed by atoms with E-state index in [1.807, 2.05) is 0 Å². The number of aliphatic hydroxyl groups excluding tert-OH is 1. The number of hydrogen-bond acceptors (Lipinski definition) is 4. The van der Waals surface area contributed by atoms with Crippen molar-refractivity contribution in [3.05, 3.63) is 24.0 Å². The Balaban J connectivity index is 0.00000225. The lowest BCUT2D eigenvalue weighted by atomic mass is 9.93. The van der Waals surface area contributed by atoms with Gasteiger partial charge in [-0.1, -0.05) is 13.3 Å². The van der Waals surface area contributed by atoms with Gasteiger partial charge in [-0.25, -0.2) is 4.98 Å². The van der Waals surface area contributed by atoms with E-state index in [2.05, 4.69) is 45.2 Å². The second-order valence-electron chi connectivity index (χ2n) is 8.37. The first-order valence-electron chi connectivity index (χ1n) is 10.9. The summed E-state index contributed by atoms with van der Waals surface area (Å²) >= 11 is 0. The summed E-state index contributed by atoms with van der Waals surface area (Å²) in [6.45, 7) is 6.59. The minimum atomic E-state index is -0.112. The molecule has 0 amide bonds. The minimum absolute atomic E-state index is 0. The van der Waals surface area contributed by atoms with E-state index >= 15 is 0 Å². The number of halogens is 1. The molecule has 3 heterocycles. The van der Waals surface area contributed by atoms with Gasteiger partial charge >= 0.3 is 0 Å². The van der Waals surface area contributed by atoms with Gasteiger partial charge < -0.3 is 15.0 Å². The second-order valence-corrected chi connectivity index (χ2v) is 8.37. The van der Waals surface area contributed by atoms with Gasteiger partial charge in [-0.3, -0.25) is 4.90 Å². The SMILES string of the molecule is CCCNc1cc2c(cn1)c(CN1CCCCC1)cn2C1CCC(O)CC1.Cl. The van der Waals surface area contributed by atoms with Crippen LogP contribution in [-0.4, -0.2) is 45.3 Å². The van der Waals surface area contributed by atoms with Crippen molar-refractivity contribution in [2.45, 2.75) is 77.0 Å². The smallest absolute Gasteiger partial charge is 0.128 e. The van der Waals surface area contributed by atoms with Crippen LogP contribution in [0.5, 0.6) is 0 Å². The van der Waals surface area contributed by atoms with Crippen molar-refractivity contribution in [2.75, 3.05) is 25.0 Å². The lowest BCUT2D eigenvalue weighted by Gasteiger charge is -2.27. The van der Waals surface area contributed by atoms with Gasteiger partial charge in [0.05, 0.1) is 11.6 Å². The predicted molar refractivity (Wildman–Crippen MR) is 118 cm³/mol. The van der Waals surface area contributed by atoms with E-state index in [-0.39, 0.29) is 18.5 Å². The molecule has 2 aromatic heterocycles. The number of hydrogen-bond donors (Lipinski definition) is 2. The highest BCUT2D eigenvalue weighted by molar-refractivity contribution is 5.86. The summed E-state index contributed by atoms with van der Waals surface area (Å²) in [7, 11) is 0. The molecule has 1 aliphatic carbocycles. The molecule has 0 atom stereocenters. The number of aromatic nitrogens is 2. The molecule has 1 saturated carbocycles. The molecule has 6 heteroatoms. The zero-order chi connectivity index (χ0) is 18.6. The monoisotopic (exact) mass is 406 g/mol. The Morgan fingerprint density at radius 2 is 1.89 bits per heavy atom. The van der Waals surface area contributed by atoms with Crippen LogP contribution in [0.4, 0.5) is 5.82 Å². The van der Waals surface area contributed by atoms with E-state index in [1.54, 1.807) is 0 Å². The number of aliphatic hydroxyl groups is 1. The van der Waals surface area contributed by atoms with Gasteiger partial charge in [0.2, 0.25) is 0 Å². The average Bonchev–Trinajstić information content (AvgIpc) is 3.05. The number of rotatable bonds is 6. The van der Waals surface area contributed by atoms with E-state index < -0.39 is 0 Å². The number of nitrogens with one attached hydrogen (secondary N) is 1. The molecule has 1 aliphatic heterocycles. The van der Waals surface area contributed by atoms with E-state index in [0.717, 1.165) is 51.0 Å². The van der Waals surface area contributed by atoms with Crippen LogP contribution in [0.15, 0.2) is 18.5 Å². The zero-order valence-corrected chi connectivity index (χ0v) is 17.9. The molecule has 0 aromatic carbocycles. The molecule has 2 fully saturated rings. The quantitative estimate of drug-likeness (QED) is 0.727. The lowest BCUT2D eigenvalue weighted by molar-refractivity contribution is 0.111. The number of piperidine rings is 1. The number of fused-ring (bicyclic) bond motifs is 1. The van der Waals surface area contributed by atoms with Crippen LogP contribution in [0.2, 0.25) is 0 Å². The normalized spacial score (nSPS) is 23.5. The first-order valence-corrected chi connectivity index (χ1v) is 10.9. The first-order chi connectivity index (χ1) is 13.2. The Labute approximate surface area is 174 Å². The van der Waals surface area contributed by atoms with Gasteiger partial charge in [0.15, 0.2) is 0 Å². The number of nitrogens with zero attached hydrogens (tertiary/aromatic N) is 3. The molecule has 0 unspecified atom stereocenters. The molecule has 4 rings (SSSR count). The van der Waals surface area contributed by atoms with Crippen LogP contribution in [-0.2, 0) is 6.54 Å². The van der Waals surface area contributed by atoms with Crippen LogP contribution in [0.25, 0.3) is 10.9 Å². The summed E-state index contributed by atoms with van der Waals surface area (Å²) < 4.78 is 2.49. The molecule has 0 spiro atoms. The van der Waals surface area contributed by atoms with E-state index in [1.165, 1.54) is 48.8 Å². The maximum atomic E-state index is 9.91. The number of likely N-dealkylation sites (tertiary alicyclic amines) is 1. The van der Waals surface area contributed by atoms with E-state index in [9.17, 15) is 5.11 Å². The highest BCUT2D eigenvalue weighted by Crippen LogP contribution is 2.34. The van der Waals surface area contributed by atoms with Gasteiger partial charge in [0.1, 0.15) is 5.82 Å². The van der Waals surface area contributed by atoms with Crippen LogP contribution >= 0.6 is 12.4 Å². The van der Waals surface area contributed by atoms with Crippen molar-refractivity contribution in [2.24, 2.45) is 0 Å². The first kappa shape index (κ1) is 21.4. The largest absolute Gasteiger partial charge is 0.393 e. The number of pyridine rings is 1. The Hall–Kier alpha value is -1.30.